The van der Waals surface area contributed by atoms with Gasteiger partial charge in [0, 0.05) is 19.6 Å². The summed E-state index contributed by atoms with van der Waals surface area (Å²) < 4.78 is 7.00. The summed E-state index contributed by atoms with van der Waals surface area (Å²) in [6, 6.07) is 21.5. The number of benzene rings is 2. The summed E-state index contributed by atoms with van der Waals surface area (Å²) >= 11 is 0. The maximum atomic E-state index is 9.13. The van der Waals surface area contributed by atoms with Gasteiger partial charge in [0.15, 0.2) is 0 Å². The van der Waals surface area contributed by atoms with Gasteiger partial charge >= 0.3 is 0 Å². The van der Waals surface area contributed by atoms with Crippen LogP contribution in [0.15, 0.2) is 60.7 Å². The number of rotatable bonds is 6. The van der Waals surface area contributed by atoms with Crippen LogP contribution in [0.4, 0.5) is 0 Å². The molecule has 0 radical (unpaired) electrons. The van der Waals surface area contributed by atoms with E-state index in [0.717, 1.165) is 19.6 Å². The number of aliphatic hydroxyl groups excluding tert-OH is 1. The Labute approximate surface area is 152 Å². The molecule has 0 saturated carbocycles. The van der Waals surface area contributed by atoms with E-state index >= 15 is 0 Å². The van der Waals surface area contributed by atoms with Crippen molar-refractivity contribution in [3.8, 4) is 0 Å². The van der Waals surface area contributed by atoms with Gasteiger partial charge in [-0.15, -0.1) is 0 Å². The Bertz CT molecular complexity index is 624. The van der Waals surface area contributed by atoms with E-state index in [1.807, 2.05) is 0 Å². The van der Waals surface area contributed by atoms with Crippen LogP contribution < -0.4 is 10.4 Å². The smallest absolute Gasteiger partial charge is 0.261 e. The molecule has 134 valence electrons. The van der Waals surface area contributed by atoms with Gasteiger partial charge in [-0.05, 0) is 15.4 Å². The van der Waals surface area contributed by atoms with Crippen molar-refractivity contribution >= 4 is 18.7 Å². The quantitative estimate of drug-likeness (QED) is 0.807. The molecule has 1 aliphatic heterocycles. The molecule has 2 aromatic carbocycles. The first-order valence-corrected chi connectivity index (χ1v) is 11.0. The van der Waals surface area contributed by atoms with Gasteiger partial charge in [-0.25, -0.2) is 0 Å². The second-order valence-corrected chi connectivity index (χ2v) is 12.1. The van der Waals surface area contributed by atoms with Crippen molar-refractivity contribution in [3.05, 3.63) is 60.7 Å². The molecule has 1 heterocycles. The molecule has 0 aromatic heterocycles. The topological polar surface area (TPSA) is 32.7 Å². The molecule has 3 rings (SSSR count). The Morgan fingerprint density at radius 2 is 1.44 bits per heavy atom. The van der Waals surface area contributed by atoms with E-state index in [4.69, 9.17) is 9.53 Å². The molecule has 1 saturated heterocycles. The van der Waals surface area contributed by atoms with E-state index in [9.17, 15) is 0 Å². The molecule has 2 aromatic rings. The molecule has 0 atom stereocenters. The van der Waals surface area contributed by atoms with E-state index in [-0.39, 0.29) is 17.7 Å². The summed E-state index contributed by atoms with van der Waals surface area (Å²) in [4.78, 5) is 2.25. The van der Waals surface area contributed by atoms with Crippen molar-refractivity contribution < 1.29 is 9.53 Å². The number of nitrogens with zero attached hydrogens (tertiary/aromatic N) is 1. The molecule has 3 nitrogen and oxygen atoms in total. The minimum absolute atomic E-state index is 0.0209. The number of likely N-dealkylation sites (tertiary alicyclic amines) is 1. The van der Waals surface area contributed by atoms with Crippen LogP contribution in [0, 0.1) is 0 Å². The Balaban J connectivity index is 2.01. The first-order chi connectivity index (χ1) is 12.0. The molecule has 1 fully saturated rings. The lowest BCUT2D eigenvalue weighted by Crippen LogP contribution is -2.70. The highest BCUT2D eigenvalue weighted by atomic mass is 28.4. The molecule has 1 N–H and O–H groups in total. The van der Waals surface area contributed by atoms with E-state index in [1.165, 1.54) is 10.4 Å². The predicted octanol–water partition coefficient (Wildman–Crippen LogP) is 2.24. The minimum atomic E-state index is -2.42. The third-order valence-electron chi connectivity index (χ3n) is 5.10. The summed E-state index contributed by atoms with van der Waals surface area (Å²) in [5.74, 6) is 0. The van der Waals surface area contributed by atoms with Crippen LogP contribution in [0.5, 0.6) is 0 Å². The summed E-state index contributed by atoms with van der Waals surface area (Å²) in [6.07, 6.45) is 0.234. The van der Waals surface area contributed by atoms with Gasteiger partial charge < -0.3 is 9.53 Å². The summed E-state index contributed by atoms with van der Waals surface area (Å²) in [6.45, 7) is 9.69. The van der Waals surface area contributed by atoms with Gasteiger partial charge in [0.1, 0.15) is 0 Å². The van der Waals surface area contributed by atoms with E-state index < -0.39 is 8.32 Å². The van der Waals surface area contributed by atoms with Gasteiger partial charge in [0.25, 0.3) is 8.32 Å². The molecule has 0 amide bonds. The van der Waals surface area contributed by atoms with E-state index in [0.29, 0.717) is 0 Å². The number of hydrogen-bond acceptors (Lipinski definition) is 3. The molecule has 0 unspecified atom stereocenters. The van der Waals surface area contributed by atoms with Crippen LogP contribution in [0.3, 0.4) is 0 Å². The molecule has 0 spiro atoms. The number of β-amino-alcohol motifs (C(OH)–C–C–N with tert-alkyl or cyclic N) is 1. The zero-order valence-electron chi connectivity index (χ0n) is 15.5. The molecule has 25 heavy (non-hydrogen) atoms. The zero-order chi connectivity index (χ0) is 17.9. The first-order valence-electron chi connectivity index (χ1n) is 9.09. The highest BCUT2D eigenvalue weighted by molar-refractivity contribution is 6.99. The molecular weight excluding hydrogens is 326 g/mol. The van der Waals surface area contributed by atoms with Crippen LogP contribution >= 0.6 is 0 Å². The van der Waals surface area contributed by atoms with Gasteiger partial charge in [-0.2, -0.15) is 0 Å². The molecule has 0 aliphatic carbocycles. The van der Waals surface area contributed by atoms with Crippen molar-refractivity contribution in [2.45, 2.75) is 31.9 Å². The standard InChI is InChI=1S/C21H29NO2Si/c1-21(2,3)25(19-10-6-4-7-11-19,20-12-8-5-9-13-20)24-18-16-22(17-18)14-15-23/h4-13,18,23H,14-17H2,1-3H3. The lowest BCUT2D eigenvalue weighted by molar-refractivity contribution is 0.00468. The van der Waals surface area contributed by atoms with Crippen LogP contribution in [0.25, 0.3) is 0 Å². The SMILES string of the molecule is CC(C)(C)[Si](OC1CN(CCO)C1)(c1ccccc1)c1ccccc1. The maximum Gasteiger partial charge on any atom is 0.261 e. The molecule has 1 aliphatic rings. The second kappa shape index (κ2) is 7.42. The van der Waals surface area contributed by atoms with Crippen molar-refractivity contribution in [1.82, 2.24) is 4.90 Å². The molecular formula is C21H29NO2Si. The molecule has 0 bridgehead atoms. The Morgan fingerprint density at radius 3 is 1.84 bits per heavy atom. The zero-order valence-corrected chi connectivity index (χ0v) is 16.5. The average Bonchev–Trinajstić information content (AvgIpc) is 2.57. The summed E-state index contributed by atoms with van der Waals surface area (Å²) in [5, 5.41) is 11.8. The van der Waals surface area contributed by atoms with Crippen molar-refractivity contribution in [3.63, 3.8) is 0 Å². The highest BCUT2D eigenvalue weighted by Gasteiger charge is 2.52. The predicted molar refractivity (Wildman–Crippen MR) is 106 cm³/mol. The van der Waals surface area contributed by atoms with Crippen molar-refractivity contribution in [1.29, 1.82) is 0 Å². The largest absolute Gasteiger partial charge is 0.402 e. The minimum Gasteiger partial charge on any atom is -0.402 e. The third kappa shape index (κ3) is 3.58. The lowest BCUT2D eigenvalue weighted by atomic mass is 10.2. The van der Waals surface area contributed by atoms with Crippen LogP contribution in [-0.2, 0) is 4.43 Å². The summed E-state index contributed by atoms with van der Waals surface area (Å²) in [5.41, 5.74) is 0. The third-order valence-corrected chi connectivity index (χ3v) is 10.2. The number of aliphatic hydroxyl groups is 1. The Hall–Kier alpha value is -1.46. The fraction of sp³-hybridized carbons (Fsp3) is 0.429. The highest BCUT2D eigenvalue weighted by Crippen LogP contribution is 2.38. The lowest BCUT2D eigenvalue weighted by Gasteiger charge is -2.49. The average molecular weight is 356 g/mol. The van der Waals surface area contributed by atoms with Crippen LogP contribution in [-0.4, -0.2) is 50.7 Å². The maximum absolute atomic E-state index is 9.13. The van der Waals surface area contributed by atoms with E-state index in [2.05, 4.69) is 86.3 Å². The van der Waals surface area contributed by atoms with Crippen LogP contribution in [0.1, 0.15) is 20.8 Å². The second-order valence-electron chi connectivity index (χ2n) is 7.89. The first kappa shape index (κ1) is 18.3. The van der Waals surface area contributed by atoms with Gasteiger partial charge in [0.05, 0.1) is 12.7 Å². The number of hydrogen-bond donors (Lipinski definition) is 1. The monoisotopic (exact) mass is 355 g/mol. The van der Waals surface area contributed by atoms with Gasteiger partial charge in [0.2, 0.25) is 0 Å². The van der Waals surface area contributed by atoms with Gasteiger partial charge in [-0.3, -0.25) is 4.90 Å². The van der Waals surface area contributed by atoms with Crippen molar-refractivity contribution in [2.75, 3.05) is 26.2 Å². The van der Waals surface area contributed by atoms with E-state index in [1.54, 1.807) is 0 Å². The fourth-order valence-electron chi connectivity index (χ4n) is 3.86. The fourth-order valence-corrected chi connectivity index (χ4v) is 8.53. The summed E-state index contributed by atoms with van der Waals surface area (Å²) in [7, 11) is -2.42. The Kier molecular flexibility index (Phi) is 5.44. The van der Waals surface area contributed by atoms with Crippen LogP contribution in [0.2, 0.25) is 5.04 Å². The Morgan fingerprint density at radius 1 is 0.960 bits per heavy atom. The van der Waals surface area contributed by atoms with Gasteiger partial charge in [-0.1, -0.05) is 81.4 Å². The molecule has 4 heteroatoms. The normalized spacial score (nSPS) is 16.6. The van der Waals surface area contributed by atoms with Crippen molar-refractivity contribution in [2.24, 2.45) is 0 Å².